The smallest absolute Gasteiger partial charge is 0.122 e. The maximum Gasteiger partial charge on any atom is 0.122 e. The third kappa shape index (κ3) is 3.02. The lowest BCUT2D eigenvalue weighted by atomic mass is 9.88. The van der Waals surface area contributed by atoms with Crippen molar-refractivity contribution in [1.29, 1.82) is 0 Å². The number of benzene rings is 1. The molecule has 4 heteroatoms. The van der Waals surface area contributed by atoms with Crippen LogP contribution in [0.2, 0.25) is 0 Å². The van der Waals surface area contributed by atoms with Crippen molar-refractivity contribution in [2.24, 2.45) is 5.73 Å². The molecule has 1 atom stereocenters. The van der Waals surface area contributed by atoms with Crippen LogP contribution < -0.4 is 10.5 Å². The van der Waals surface area contributed by atoms with Gasteiger partial charge in [0.05, 0.1) is 0 Å². The number of halogens is 1. The molecule has 0 aliphatic heterocycles. The molecule has 0 saturated heterocycles. The van der Waals surface area contributed by atoms with E-state index in [1.54, 1.807) is 11.3 Å². The molecule has 3 rings (SSSR count). The van der Waals surface area contributed by atoms with Gasteiger partial charge in [0.2, 0.25) is 0 Å². The van der Waals surface area contributed by atoms with Crippen molar-refractivity contribution < 1.29 is 4.74 Å². The summed E-state index contributed by atoms with van der Waals surface area (Å²) >= 11 is 5.16. The van der Waals surface area contributed by atoms with E-state index in [1.165, 1.54) is 22.4 Å². The van der Waals surface area contributed by atoms with Crippen molar-refractivity contribution in [3.63, 3.8) is 0 Å². The van der Waals surface area contributed by atoms with Crippen molar-refractivity contribution >= 4 is 27.3 Å². The van der Waals surface area contributed by atoms with E-state index in [0.717, 1.165) is 23.1 Å². The van der Waals surface area contributed by atoms with Gasteiger partial charge in [0, 0.05) is 20.8 Å². The van der Waals surface area contributed by atoms with Crippen molar-refractivity contribution in [3.05, 3.63) is 50.1 Å². The topological polar surface area (TPSA) is 35.2 Å². The quantitative estimate of drug-likeness (QED) is 0.899. The van der Waals surface area contributed by atoms with Gasteiger partial charge in [-0.15, -0.1) is 11.3 Å². The molecule has 1 heterocycles. The third-order valence-corrected chi connectivity index (χ3v) is 5.15. The van der Waals surface area contributed by atoms with Gasteiger partial charge in [0.25, 0.3) is 0 Å². The molecule has 0 radical (unpaired) electrons. The number of nitrogens with two attached hydrogens (primary N) is 1. The monoisotopic (exact) mass is 337 g/mol. The van der Waals surface area contributed by atoms with E-state index in [1.807, 2.05) is 0 Å². The molecule has 1 unspecified atom stereocenters. The number of thiophene rings is 1. The average molecular weight is 338 g/mol. The second kappa shape index (κ2) is 5.65. The summed E-state index contributed by atoms with van der Waals surface area (Å²) in [5.41, 5.74) is 8.81. The molecule has 1 aliphatic carbocycles. The van der Waals surface area contributed by atoms with E-state index in [2.05, 4.69) is 45.6 Å². The highest BCUT2D eigenvalue weighted by Gasteiger charge is 2.17. The first-order valence-electron chi connectivity index (χ1n) is 6.46. The minimum Gasteiger partial charge on any atom is -0.488 e. The van der Waals surface area contributed by atoms with Crippen LogP contribution in [0.15, 0.2) is 34.1 Å². The Morgan fingerprint density at radius 3 is 3.05 bits per heavy atom. The van der Waals surface area contributed by atoms with Crippen LogP contribution in [0.5, 0.6) is 5.75 Å². The van der Waals surface area contributed by atoms with E-state index >= 15 is 0 Å². The molecule has 100 valence electrons. The van der Waals surface area contributed by atoms with Crippen molar-refractivity contribution in [3.8, 4) is 5.75 Å². The lowest BCUT2D eigenvalue weighted by molar-refractivity contribution is 0.309. The molecular weight excluding hydrogens is 322 g/mol. The zero-order chi connectivity index (χ0) is 13.2. The zero-order valence-electron chi connectivity index (χ0n) is 10.6. The minimum absolute atomic E-state index is 0.170. The number of aryl methyl sites for hydroxylation is 1. The molecule has 1 aromatic carbocycles. The van der Waals surface area contributed by atoms with E-state index in [9.17, 15) is 0 Å². The summed E-state index contributed by atoms with van der Waals surface area (Å²) in [6.45, 7) is 0.615. The summed E-state index contributed by atoms with van der Waals surface area (Å²) in [5, 5.41) is 2.07. The first-order chi connectivity index (χ1) is 9.22. The fraction of sp³-hybridized carbons (Fsp3) is 0.333. The standard InChI is InChI=1S/C15H16BrNOS/c16-11-6-13(19-9-11)8-18-12-5-4-10-2-1-3-15(17)14(10)7-12/h4-7,9,15H,1-3,8,17H2. The normalized spacial score (nSPS) is 18.1. The van der Waals surface area contributed by atoms with Gasteiger partial charge in [-0.05, 0) is 64.5 Å². The molecule has 2 nitrogen and oxygen atoms in total. The van der Waals surface area contributed by atoms with Crippen LogP contribution in [-0.2, 0) is 13.0 Å². The molecule has 0 amide bonds. The lowest BCUT2D eigenvalue weighted by Gasteiger charge is -2.22. The van der Waals surface area contributed by atoms with Crippen molar-refractivity contribution in [2.45, 2.75) is 31.9 Å². The Morgan fingerprint density at radius 1 is 1.37 bits per heavy atom. The molecule has 1 aliphatic rings. The van der Waals surface area contributed by atoms with E-state index in [-0.39, 0.29) is 6.04 Å². The van der Waals surface area contributed by atoms with Crippen LogP contribution in [0.25, 0.3) is 0 Å². The van der Waals surface area contributed by atoms with Gasteiger partial charge in [-0.25, -0.2) is 0 Å². The number of ether oxygens (including phenoxy) is 1. The van der Waals surface area contributed by atoms with Crippen LogP contribution in [0.4, 0.5) is 0 Å². The molecular formula is C15H16BrNOS. The minimum atomic E-state index is 0.170. The average Bonchev–Trinajstić information content (AvgIpc) is 2.83. The van der Waals surface area contributed by atoms with Crippen LogP contribution in [0, 0.1) is 0 Å². The summed E-state index contributed by atoms with van der Waals surface area (Å²) in [6, 6.07) is 8.59. The summed E-state index contributed by atoms with van der Waals surface area (Å²) in [4.78, 5) is 1.22. The fourth-order valence-electron chi connectivity index (χ4n) is 2.49. The number of hydrogen-bond acceptors (Lipinski definition) is 3. The Labute approximate surface area is 125 Å². The summed E-state index contributed by atoms with van der Waals surface area (Å²) in [7, 11) is 0. The highest BCUT2D eigenvalue weighted by atomic mass is 79.9. The molecule has 0 spiro atoms. The van der Waals surface area contributed by atoms with Crippen LogP contribution in [0.1, 0.15) is 34.9 Å². The molecule has 2 N–H and O–H groups in total. The van der Waals surface area contributed by atoms with Gasteiger partial charge >= 0.3 is 0 Å². The van der Waals surface area contributed by atoms with E-state index < -0.39 is 0 Å². The molecule has 19 heavy (non-hydrogen) atoms. The predicted octanol–water partition coefficient (Wildman–Crippen LogP) is 4.43. The van der Waals surface area contributed by atoms with Crippen LogP contribution in [-0.4, -0.2) is 0 Å². The third-order valence-electron chi connectivity index (χ3n) is 3.48. The molecule has 0 saturated carbocycles. The Hall–Kier alpha value is -0.840. The first kappa shape index (κ1) is 13.2. The second-order valence-corrected chi connectivity index (χ2v) is 6.79. The highest BCUT2D eigenvalue weighted by molar-refractivity contribution is 9.10. The van der Waals surface area contributed by atoms with Gasteiger partial charge < -0.3 is 10.5 Å². The fourth-order valence-corrected chi connectivity index (χ4v) is 3.85. The van der Waals surface area contributed by atoms with E-state index in [0.29, 0.717) is 6.61 Å². The highest BCUT2D eigenvalue weighted by Crippen LogP contribution is 2.31. The van der Waals surface area contributed by atoms with Gasteiger partial charge in [-0.2, -0.15) is 0 Å². The molecule has 2 aromatic rings. The van der Waals surface area contributed by atoms with Crippen molar-refractivity contribution in [1.82, 2.24) is 0 Å². The van der Waals surface area contributed by atoms with Gasteiger partial charge in [-0.3, -0.25) is 0 Å². The second-order valence-electron chi connectivity index (χ2n) is 4.88. The van der Waals surface area contributed by atoms with Gasteiger partial charge in [0.1, 0.15) is 12.4 Å². The van der Waals surface area contributed by atoms with Crippen LogP contribution >= 0.6 is 27.3 Å². The predicted molar refractivity (Wildman–Crippen MR) is 82.7 cm³/mol. The summed E-state index contributed by atoms with van der Waals surface area (Å²) in [5.74, 6) is 0.917. The Kier molecular flexibility index (Phi) is 3.91. The van der Waals surface area contributed by atoms with Gasteiger partial charge in [-0.1, -0.05) is 6.07 Å². The molecule has 0 bridgehead atoms. The Morgan fingerprint density at radius 2 is 2.26 bits per heavy atom. The Balaban J connectivity index is 1.73. The lowest BCUT2D eigenvalue weighted by Crippen LogP contribution is -2.17. The summed E-state index contributed by atoms with van der Waals surface area (Å²) in [6.07, 6.45) is 3.41. The first-order valence-corrected chi connectivity index (χ1v) is 8.14. The largest absolute Gasteiger partial charge is 0.488 e. The molecule has 0 fully saturated rings. The maximum absolute atomic E-state index is 6.17. The molecule has 1 aromatic heterocycles. The van der Waals surface area contributed by atoms with Gasteiger partial charge in [0.15, 0.2) is 0 Å². The Bertz CT molecular complexity index is 581. The van der Waals surface area contributed by atoms with Crippen LogP contribution in [0.3, 0.4) is 0 Å². The van der Waals surface area contributed by atoms with E-state index in [4.69, 9.17) is 10.5 Å². The summed E-state index contributed by atoms with van der Waals surface area (Å²) < 4.78 is 6.97. The number of rotatable bonds is 3. The number of hydrogen-bond donors (Lipinski definition) is 1. The maximum atomic E-state index is 6.17. The SMILES string of the molecule is NC1CCCc2ccc(OCc3cc(Br)cs3)cc21. The number of fused-ring (bicyclic) bond motifs is 1. The zero-order valence-corrected chi connectivity index (χ0v) is 13.0. The van der Waals surface area contributed by atoms with Crippen molar-refractivity contribution in [2.75, 3.05) is 0 Å².